The normalized spacial score (nSPS) is 18.4. The number of hydrogen-bond acceptors (Lipinski definition) is 5. The molecule has 1 saturated carbocycles. The molecule has 2 heterocycles. The lowest BCUT2D eigenvalue weighted by molar-refractivity contribution is 0.0940. The van der Waals surface area contributed by atoms with Gasteiger partial charge in [-0.2, -0.15) is 0 Å². The van der Waals surface area contributed by atoms with Gasteiger partial charge in [0.1, 0.15) is 0 Å². The Morgan fingerprint density at radius 2 is 1.77 bits per heavy atom. The zero-order valence-corrected chi connectivity index (χ0v) is 17.1. The van der Waals surface area contributed by atoms with Gasteiger partial charge in [-0.15, -0.1) is 0 Å². The van der Waals surface area contributed by atoms with E-state index >= 15 is 0 Å². The fraction of sp³-hybridized carbons (Fsp3) is 0.455. The van der Waals surface area contributed by atoms with Crippen LogP contribution in [0.5, 0.6) is 5.88 Å². The molecule has 160 valence electrons. The van der Waals surface area contributed by atoms with Crippen molar-refractivity contribution < 1.29 is 19.4 Å². The average Bonchev–Trinajstić information content (AvgIpc) is 2.77. The first-order valence-electron chi connectivity index (χ1n) is 10.4. The highest BCUT2D eigenvalue weighted by molar-refractivity contribution is 5.95. The Morgan fingerprint density at radius 1 is 1.07 bits per heavy atom. The van der Waals surface area contributed by atoms with Gasteiger partial charge in [0, 0.05) is 42.7 Å². The number of aromatic nitrogens is 2. The van der Waals surface area contributed by atoms with Gasteiger partial charge in [-0.25, -0.2) is 9.78 Å². The summed E-state index contributed by atoms with van der Waals surface area (Å²) in [5.74, 6) is 1.25. The minimum atomic E-state index is -0.970. The predicted molar refractivity (Wildman–Crippen MR) is 112 cm³/mol. The van der Waals surface area contributed by atoms with E-state index in [2.05, 4.69) is 20.6 Å². The molecule has 0 unspecified atom stereocenters. The minimum Gasteiger partial charge on any atom is -0.478 e. The van der Waals surface area contributed by atoms with E-state index in [9.17, 15) is 9.59 Å². The highest BCUT2D eigenvalue weighted by Gasteiger charge is 2.22. The Morgan fingerprint density at radius 3 is 2.37 bits per heavy atom. The van der Waals surface area contributed by atoms with Crippen LogP contribution in [0, 0.1) is 11.8 Å². The van der Waals surface area contributed by atoms with E-state index in [1.165, 1.54) is 0 Å². The number of pyridine rings is 2. The molecule has 0 radical (unpaired) electrons. The van der Waals surface area contributed by atoms with Gasteiger partial charge in [-0.1, -0.05) is 0 Å². The molecule has 3 rings (SSSR count). The zero-order chi connectivity index (χ0) is 21.3. The van der Waals surface area contributed by atoms with Crippen molar-refractivity contribution >= 4 is 12.0 Å². The molecule has 8 nitrogen and oxygen atoms in total. The first-order valence-corrected chi connectivity index (χ1v) is 10.4. The van der Waals surface area contributed by atoms with Crippen molar-refractivity contribution in [3.8, 4) is 17.1 Å². The Bertz CT molecular complexity index is 848. The number of amides is 2. The van der Waals surface area contributed by atoms with E-state index in [4.69, 9.17) is 9.84 Å². The van der Waals surface area contributed by atoms with Crippen molar-refractivity contribution in [3.63, 3.8) is 0 Å². The largest absolute Gasteiger partial charge is 0.478 e. The van der Waals surface area contributed by atoms with Crippen LogP contribution < -0.4 is 15.4 Å². The lowest BCUT2D eigenvalue weighted by Crippen LogP contribution is -2.34. The maximum absolute atomic E-state index is 12.6. The van der Waals surface area contributed by atoms with Gasteiger partial charge >= 0.3 is 6.09 Å². The molecule has 1 aliphatic rings. The third-order valence-corrected chi connectivity index (χ3v) is 5.41. The van der Waals surface area contributed by atoms with Gasteiger partial charge in [0.2, 0.25) is 5.88 Å². The quantitative estimate of drug-likeness (QED) is 0.613. The van der Waals surface area contributed by atoms with E-state index in [-0.39, 0.29) is 5.91 Å². The number of carbonyl (C=O) groups is 2. The smallest absolute Gasteiger partial charge is 0.404 e. The van der Waals surface area contributed by atoms with Gasteiger partial charge < -0.3 is 20.5 Å². The van der Waals surface area contributed by atoms with Crippen molar-refractivity contribution in [2.75, 3.05) is 19.7 Å². The van der Waals surface area contributed by atoms with Gasteiger partial charge in [0.05, 0.1) is 12.3 Å². The second-order valence-corrected chi connectivity index (χ2v) is 7.53. The number of rotatable bonds is 8. The van der Waals surface area contributed by atoms with E-state index < -0.39 is 6.09 Å². The molecule has 0 atom stereocenters. The summed E-state index contributed by atoms with van der Waals surface area (Å²) in [6, 6.07) is 7.13. The highest BCUT2D eigenvalue weighted by Crippen LogP contribution is 2.28. The van der Waals surface area contributed by atoms with E-state index in [0.29, 0.717) is 48.7 Å². The summed E-state index contributed by atoms with van der Waals surface area (Å²) in [5.41, 5.74) is 2.07. The SMILES string of the molecule is CCOc1ccc(-c2cc(C(=O)NC[C@H]3CC[C@H](CNC(=O)O)CC3)ccn2)cn1. The van der Waals surface area contributed by atoms with Crippen LogP contribution in [0.4, 0.5) is 4.79 Å². The number of carboxylic acid groups (broad SMARTS) is 1. The van der Waals surface area contributed by atoms with Gasteiger partial charge in [0.15, 0.2) is 0 Å². The fourth-order valence-electron chi connectivity index (χ4n) is 3.71. The third kappa shape index (κ3) is 6.17. The number of nitrogens with zero attached hydrogens (tertiary/aromatic N) is 2. The summed E-state index contributed by atoms with van der Waals surface area (Å²) in [4.78, 5) is 31.8. The molecule has 2 amide bonds. The van der Waals surface area contributed by atoms with Crippen molar-refractivity contribution in [2.24, 2.45) is 11.8 Å². The molecule has 0 bridgehead atoms. The maximum atomic E-state index is 12.6. The summed E-state index contributed by atoms with van der Waals surface area (Å²) in [5, 5.41) is 14.2. The topological polar surface area (TPSA) is 113 Å². The first-order chi connectivity index (χ1) is 14.5. The molecule has 0 aromatic carbocycles. The summed E-state index contributed by atoms with van der Waals surface area (Å²) in [6.45, 7) is 3.59. The standard InChI is InChI=1S/C22H28N4O4/c1-2-30-20-8-7-18(14-24-20)19-11-17(9-10-23-19)21(27)25-12-15-3-5-16(6-4-15)13-26-22(28)29/h7-11,14-16,26H,2-6,12-13H2,1H3,(H,25,27)(H,28,29)/t15-,16-. The molecule has 8 heteroatoms. The predicted octanol–water partition coefficient (Wildman–Crippen LogP) is 3.35. The number of carbonyl (C=O) groups excluding carboxylic acids is 1. The van der Waals surface area contributed by atoms with E-state index in [0.717, 1.165) is 31.2 Å². The van der Waals surface area contributed by atoms with Crippen LogP contribution in [0.1, 0.15) is 43.0 Å². The maximum Gasteiger partial charge on any atom is 0.404 e. The number of ether oxygens (including phenoxy) is 1. The highest BCUT2D eigenvalue weighted by atomic mass is 16.5. The molecule has 30 heavy (non-hydrogen) atoms. The van der Waals surface area contributed by atoms with Crippen LogP contribution in [0.3, 0.4) is 0 Å². The fourth-order valence-corrected chi connectivity index (χ4v) is 3.71. The summed E-state index contributed by atoms with van der Waals surface area (Å²) in [6.07, 6.45) is 6.28. The molecule has 3 N–H and O–H groups in total. The lowest BCUT2D eigenvalue weighted by Gasteiger charge is -2.28. The monoisotopic (exact) mass is 412 g/mol. The minimum absolute atomic E-state index is 0.118. The van der Waals surface area contributed by atoms with Crippen LogP contribution in [0.15, 0.2) is 36.7 Å². The Balaban J connectivity index is 1.50. The molecule has 2 aromatic heterocycles. The lowest BCUT2D eigenvalue weighted by atomic mass is 9.82. The Labute approximate surface area is 176 Å². The van der Waals surface area contributed by atoms with E-state index in [1.807, 2.05) is 13.0 Å². The first kappa shape index (κ1) is 21.5. The van der Waals surface area contributed by atoms with Crippen LogP contribution >= 0.6 is 0 Å². The molecule has 0 spiro atoms. The summed E-state index contributed by atoms with van der Waals surface area (Å²) >= 11 is 0. The molecule has 0 aliphatic heterocycles. The average molecular weight is 412 g/mol. The van der Waals surface area contributed by atoms with Crippen molar-refractivity contribution in [1.29, 1.82) is 0 Å². The van der Waals surface area contributed by atoms with Crippen LogP contribution in [-0.2, 0) is 0 Å². The zero-order valence-electron chi connectivity index (χ0n) is 17.1. The van der Waals surface area contributed by atoms with Crippen LogP contribution in [0.25, 0.3) is 11.3 Å². The Kier molecular flexibility index (Phi) is 7.59. The third-order valence-electron chi connectivity index (χ3n) is 5.41. The van der Waals surface area contributed by atoms with E-state index in [1.54, 1.807) is 30.6 Å². The van der Waals surface area contributed by atoms with Crippen LogP contribution in [0.2, 0.25) is 0 Å². The molecular weight excluding hydrogens is 384 g/mol. The number of hydrogen-bond donors (Lipinski definition) is 3. The molecular formula is C22H28N4O4. The van der Waals surface area contributed by atoms with Crippen molar-refractivity contribution in [1.82, 2.24) is 20.6 Å². The van der Waals surface area contributed by atoms with Crippen LogP contribution in [-0.4, -0.2) is 46.8 Å². The van der Waals surface area contributed by atoms with Crippen molar-refractivity contribution in [3.05, 3.63) is 42.2 Å². The Hall–Kier alpha value is -3.16. The molecule has 0 saturated heterocycles. The second-order valence-electron chi connectivity index (χ2n) is 7.53. The van der Waals surface area contributed by atoms with Gasteiger partial charge in [-0.05, 0) is 62.6 Å². The summed E-state index contributed by atoms with van der Waals surface area (Å²) in [7, 11) is 0. The second kappa shape index (κ2) is 10.6. The van der Waals surface area contributed by atoms with Crippen molar-refractivity contribution in [2.45, 2.75) is 32.6 Å². The molecule has 1 aliphatic carbocycles. The summed E-state index contributed by atoms with van der Waals surface area (Å²) < 4.78 is 5.35. The van der Waals surface area contributed by atoms with Gasteiger partial charge in [-0.3, -0.25) is 9.78 Å². The number of nitrogens with one attached hydrogen (secondary N) is 2. The molecule has 2 aromatic rings. The van der Waals surface area contributed by atoms with Gasteiger partial charge in [0.25, 0.3) is 5.91 Å². The molecule has 1 fully saturated rings.